The first-order valence-corrected chi connectivity index (χ1v) is 8.64. The average Bonchev–Trinajstić information content (AvgIpc) is 3.04. The van der Waals surface area contributed by atoms with Crippen LogP contribution in [-0.2, 0) is 16.1 Å². The molecule has 0 aromatic carbocycles. The Morgan fingerprint density at radius 1 is 1.40 bits per heavy atom. The summed E-state index contributed by atoms with van der Waals surface area (Å²) in [5.41, 5.74) is 1.53. The van der Waals surface area contributed by atoms with Gasteiger partial charge in [0.2, 0.25) is 0 Å². The number of carbonyl (C=O) groups excluding carboxylic acids is 1. The minimum Gasteiger partial charge on any atom is -0.459 e. The first-order valence-electron chi connectivity index (χ1n) is 8.64. The van der Waals surface area contributed by atoms with Crippen molar-refractivity contribution in [2.45, 2.75) is 38.1 Å². The molecule has 0 aliphatic carbocycles. The van der Waals surface area contributed by atoms with Crippen LogP contribution in [0.25, 0.3) is 0 Å². The summed E-state index contributed by atoms with van der Waals surface area (Å²) in [6, 6.07) is 7.63. The molecule has 0 N–H and O–H groups in total. The highest BCUT2D eigenvalue weighted by atomic mass is 16.5. The zero-order valence-corrected chi connectivity index (χ0v) is 14.3. The molecule has 6 nitrogen and oxygen atoms in total. The third kappa shape index (κ3) is 3.32. The van der Waals surface area contributed by atoms with Gasteiger partial charge in [-0.05, 0) is 31.5 Å². The van der Waals surface area contributed by atoms with E-state index in [0.717, 1.165) is 24.1 Å². The van der Waals surface area contributed by atoms with Gasteiger partial charge in [0.25, 0.3) is 5.91 Å². The van der Waals surface area contributed by atoms with Crippen LogP contribution in [0.15, 0.2) is 41.1 Å². The molecular formula is C19H22N2O4. The largest absolute Gasteiger partial charge is 0.459 e. The minimum atomic E-state index is -0.275. The predicted molar refractivity (Wildman–Crippen MR) is 90.1 cm³/mol. The maximum Gasteiger partial charge on any atom is 0.290 e. The topological polar surface area (TPSA) is 64.8 Å². The van der Waals surface area contributed by atoms with E-state index in [2.05, 4.69) is 4.98 Å². The normalized spacial score (nSPS) is 22.0. The highest BCUT2D eigenvalue weighted by Gasteiger charge is 2.50. The summed E-state index contributed by atoms with van der Waals surface area (Å²) < 4.78 is 17.3. The molecule has 0 saturated carbocycles. The number of pyridine rings is 1. The molecule has 0 unspecified atom stereocenters. The Hall–Kier alpha value is -2.18. The van der Waals surface area contributed by atoms with Crippen LogP contribution in [0.3, 0.4) is 0 Å². The van der Waals surface area contributed by atoms with Crippen molar-refractivity contribution in [1.82, 2.24) is 9.88 Å². The molecule has 4 heterocycles. The van der Waals surface area contributed by atoms with Crippen LogP contribution in [0.1, 0.15) is 34.7 Å². The molecule has 2 fully saturated rings. The molecule has 2 aromatic heterocycles. The summed E-state index contributed by atoms with van der Waals surface area (Å²) in [7, 11) is 0. The molecule has 132 valence electrons. The molecule has 1 spiro atoms. The van der Waals surface area contributed by atoms with Crippen LogP contribution in [0.2, 0.25) is 0 Å². The molecule has 1 atom stereocenters. The summed E-state index contributed by atoms with van der Waals surface area (Å²) in [4.78, 5) is 18.5. The van der Waals surface area contributed by atoms with Gasteiger partial charge >= 0.3 is 0 Å². The molecule has 6 heteroatoms. The monoisotopic (exact) mass is 342 g/mol. The molecule has 2 aliphatic heterocycles. The minimum absolute atomic E-state index is 0.0618. The van der Waals surface area contributed by atoms with Crippen LogP contribution < -0.4 is 0 Å². The summed E-state index contributed by atoms with van der Waals surface area (Å²) in [5, 5.41) is 0. The molecule has 4 rings (SSSR count). The number of furan rings is 1. The number of aryl methyl sites for hydroxylation is 1. The third-order valence-electron chi connectivity index (χ3n) is 4.94. The van der Waals surface area contributed by atoms with E-state index in [9.17, 15) is 4.79 Å². The van der Waals surface area contributed by atoms with Crippen molar-refractivity contribution < 1.29 is 18.7 Å². The lowest BCUT2D eigenvalue weighted by Gasteiger charge is -2.52. The first kappa shape index (κ1) is 16.3. The fourth-order valence-corrected chi connectivity index (χ4v) is 3.56. The van der Waals surface area contributed by atoms with E-state index in [1.165, 1.54) is 0 Å². The van der Waals surface area contributed by atoms with Crippen molar-refractivity contribution >= 4 is 5.91 Å². The Morgan fingerprint density at radius 3 is 3.00 bits per heavy atom. The van der Waals surface area contributed by atoms with Gasteiger partial charge in [0.05, 0.1) is 37.8 Å². The van der Waals surface area contributed by atoms with Gasteiger partial charge < -0.3 is 18.8 Å². The highest BCUT2D eigenvalue weighted by Crippen LogP contribution is 2.36. The Morgan fingerprint density at radius 2 is 2.28 bits per heavy atom. The highest BCUT2D eigenvalue weighted by molar-refractivity contribution is 5.93. The van der Waals surface area contributed by atoms with E-state index >= 15 is 0 Å². The van der Waals surface area contributed by atoms with Gasteiger partial charge in [-0.25, -0.2) is 0 Å². The van der Waals surface area contributed by atoms with Crippen molar-refractivity contribution in [1.29, 1.82) is 0 Å². The first-order chi connectivity index (χ1) is 12.2. The fraction of sp³-hybridized carbons (Fsp3) is 0.474. The van der Waals surface area contributed by atoms with Crippen molar-refractivity contribution in [3.8, 4) is 0 Å². The zero-order chi connectivity index (χ0) is 17.3. The Labute approximate surface area is 146 Å². The summed E-state index contributed by atoms with van der Waals surface area (Å²) in [6.45, 7) is 4.24. The second kappa shape index (κ2) is 6.61. The van der Waals surface area contributed by atoms with Crippen LogP contribution in [-0.4, -0.2) is 47.2 Å². The summed E-state index contributed by atoms with van der Waals surface area (Å²) in [6.07, 6.45) is 5.14. The second-order valence-electron chi connectivity index (χ2n) is 6.87. The Kier molecular flexibility index (Phi) is 4.31. The molecule has 25 heavy (non-hydrogen) atoms. The van der Waals surface area contributed by atoms with Crippen LogP contribution in [0.4, 0.5) is 0 Å². The number of aromatic nitrogens is 1. The van der Waals surface area contributed by atoms with Crippen LogP contribution in [0, 0.1) is 6.92 Å². The van der Waals surface area contributed by atoms with Crippen LogP contribution >= 0.6 is 0 Å². The standard InChI is InChI=1S/C19H22N2O4/c1-14-5-8-23-17(14)18(22)21-12-19(13-21)10-16(6-9-25-19)24-11-15-4-2-3-7-20-15/h2-5,7-8,16H,6,9-13H2,1H3/t16-/m0/s1. The van der Waals surface area contributed by atoms with Gasteiger partial charge in [-0.15, -0.1) is 0 Å². The quantitative estimate of drug-likeness (QED) is 0.854. The van der Waals surface area contributed by atoms with E-state index in [0.29, 0.717) is 32.1 Å². The number of hydrogen-bond donors (Lipinski definition) is 0. The number of ether oxygens (including phenoxy) is 2. The smallest absolute Gasteiger partial charge is 0.290 e. The molecule has 1 amide bonds. The zero-order valence-electron chi connectivity index (χ0n) is 14.3. The van der Waals surface area contributed by atoms with Crippen molar-refractivity contribution in [2.24, 2.45) is 0 Å². The maximum atomic E-state index is 12.5. The maximum absolute atomic E-state index is 12.5. The number of hydrogen-bond acceptors (Lipinski definition) is 5. The van der Waals surface area contributed by atoms with E-state index in [1.807, 2.05) is 25.1 Å². The van der Waals surface area contributed by atoms with E-state index in [4.69, 9.17) is 13.9 Å². The fourth-order valence-electron chi connectivity index (χ4n) is 3.56. The predicted octanol–water partition coefficient (Wildman–Crippen LogP) is 2.57. The van der Waals surface area contributed by atoms with E-state index in [-0.39, 0.29) is 17.6 Å². The summed E-state index contributed by atoms with van der Waals surface area (Å²) >= 11 is 0. The van der Waals surface area contributed by atoms with Gasteiger partial charge in [0.1, 0.15) is 5.60 Å². The van der Waals surface area contributed by atoms with Gasteiger partial charge in [0, 0.05) is 24.8 Å². The van der Waals surface area contributed by atoms with E-state index in [1.54, 1.807) is 23.4 Å². The number of nitrogens with zero attached hydrogens (tertiary/aromatic N) is 2. The van der Waals surface area contributed by atoms with Crippen molar-refractivity contribution in [3.63, 3.8) is 0 Å². The van der Waals surface area contributed by atoms with Gasteiger partial charge in [-0.1, -0.05) is 6.07 Å². The number of likely N-dealkylation sites (tertiary alicyclic amines) is 1. The van der Waals surface area contributed by atoms with Gasteiger partial charge in [-0.2, -0.15) is 0 Å². The molecule has 0 bridgehead atoms. The molecule has 2 aromatic rings. The third-order valence-corrected chi connectivity index (χ3v) is 4.94. The summed E-state index contributed by atoms with van der Waals surface area (Å²) in [5.74, 6) is 0.363. The van der Waals surface area contributed by atoms with Gasteiger partial charge in [-0.3, -0.25) is 9.78 Å². The molecular weight excluding hydrogens is 320 g/mol. The SMILES string of the molecule is Cc1ccoc1C(=O)N1CC2(C[C@@H](OCc3ccccn3)CCO2)C1. The number of rotatable bonds is 4. The van der Waals surface area contributed by atoms with E-state index < -0.39 is 0 Å². The Balaban J connectivity index is 1.32. The average molecular weight is 342 g/mol. The lowest BCUT2D eigenvalue weighted by molar-refractivity contribution is -0.188. The van der Waals surface area contributed by atoms with Gasteiger partial charge in [0.15, 0.2) is 5.76 Å². The number of amides is 1. The van der Waals surface area contributed by atoms with Crippen molar-refractivity contribution in [3.05, 3.63) is 53.7 Å². The van der Waals surface area contributed by atoms with Crippen molar-refractivity contribution in [2.75, 3.05) is 19.7 Å². The number of carbonyl (C=O) groups is 1. The second-order valence-corrected chi connectivity index (χ2v) is 6.87. The lowest BCUT2D eigenvalue weighted by Crippen LogP contribution is -2.67. The molecule has 0 radical (unpaired) electrons. The lowest BCUT2D eigenvalue weighted by atomic mass is 9.84. The Bertz CT molecular complexity index is 737. The molecule has 2 saturated heterocycles. The molecule has 2 aliphatic rings. The van der Waals surface area contributed by atoms with Crippen LogP contribution in [0.5, 0.6) is 0 Å².